The van der Waals surface area contributed by atoms with Gasteiger partial charge in [0.25, 0.3) is 10.0 Å². The summed E-state index contributed by atoms with van der Waals surface area (Å²) < 4.78 is 29.8. The van der Waals surface area contributed by atoms with Gasteiger partial charge in [-0.2, -0.15) is 0 Å². The number of nitrogen functional groups attached to an aromatic ring is 1. The molecule has 3 unspecified atom stereocenters. The largest absolute Gasteiger partial charge is 0.381 e. The van der Waals surface area contributed by atoms with E-state index in [1.54, 1.807) is 18.3 Å². The van der Waals surface area contributed by atoms with Crippen LogP contribution in [-0.4, -0.2) is 23.8 Å². The van der Waals surface area contributed by atoms with Gasteiger partial charge in [0.1, 0.15) is 5.65 Å². The molecule has 4 rings (SSSR count). The number of aromatic nitrogens is 2. The van der Waals surface area contributed by atoms with E-state index >= 15 is 0 Å². The van der Waals surface area contributed by atoms with Gasteiger partial charge < -0.3 is 5.73 Å². The lowest BCUT2D eigenvalue weighted by Crippen LogP contribution is -2.39. The van der Waals surface area contributed by atoms with Crippen molar-refractivity contribution in [3.05, 3.63) is 24.4 Å². The van der Waals surface area contributed by atoms with Gasteiger partial charge in [-0.05, 0) is 43.2 Å². The van der Waals surface area contributed by atoms with Crippen molar-refractivity contribution in [2.75, 3.05) is 5.73 Å². The fourth-order valence-electron chi connectivity index (χ4n) is 3.90. The zero-order chi connectivity index (χ0) is 14.6. The molecule has 0 amide bonds. The Bertz CT molecular complexity index is 798. The lowest BCUT2D eigenvalue weighted by molar-refractivity contribution is 0.390. The van der Waals surface area contributed by atoms with E-state index in [2.05, 4.69) is 9.71 Å². The molecule has 21 heavy (non-hydrogen) atoms. The van der Waals surface area contributed by atoms with Crippen molar-refractivity contribution in [3.63, 3.8) is 0 Å². The lowest BCUT2D eigenvalue weighted by Gasteiger charge is -2.22. The number of nitrogens with zero attached hydrogens (tertiary/aromatic N) is 2. The molecule has 6 nitrogen and oxygen atoms in total. The maximum atomic E-state index is 12.7. The van der Waals surface area contributed by atoms with Crippen LogP contribution in [0.1, 0.15) is 25.7 Å². The maximum Gasteiger partial charge on any atom is 0.260 e. The van der Waals surface area contributed by atoms with Gasteiger partial charge in [-0.1, -0.05) is 12.5 Å². The third-order valence-corrected chi connectivity index (χ3v) is 6.34. The Morgan fingerprint density at radius 1 is 1.29 bits per heavy atom. The monoisotopic (exact) mass is 306 g/mol. The third kappa shape index (κ3) is 2.03. The number of nitrogens with two attached hydrogens (primary N) is 1. The SMILES string of the molecule is Nc1nc2ccccn2c1S(=O)(=O)NC1CC2CCC1C2. The van der Waals surface area contributed by atoms with E-state index in [0.717, 1.165) is 19.3 Å². The second kappa shape index (κ2) is 4.45. The number of hydrogen-bond acceptors (Lipinski definition) is 4. The van der Waals surface area contributed by atoms with Crippen LogP contribution in [-0.2, 0) is 10.0 Å². The highest BCUT2D eigenvalue weighted by Gasteiger charge is 2.42. The second-order valence-electron chi connectivity index (χ2n) is 6.13. The van der Waals surface area contributed by atoms with E-state index in [1.165, 1.54) is 10.8 Å². The quantitative estimate of drug-likeness (QED) is 0.896. The maximum absolute atomic E-state index is 12.7. The minimum Gasteiger partial charge on any atom is -0.381 e. The number of hydrogen-bond donors (Lipinski definition) is 2. The van der Waals surface area contributed by atoms with Crippen molar-refractivity contribution < 1.29 is 8.42 Å². The minimum atomic E-state index is -3.65. The van der Waals surface area contributed by atoms with E-state index in [1.807, 2.05) is 6.07 Å². The number of anilines is 1. The standard InChI is InChI=1S/C14H18N4O2S/c15-13-14(18-6-2-1-3-12(18)16-13)21(19,20)17-11-8-9-4-5-10(11)7-9/h1-3,6,9-11,17H,4-5,7-8,15H2. The summed E-state index contributed by atoms with van der Waals surface area (Å²) in [4.78, 5) is 4.12. The summed E-state index contributed by atoms with van der Waals surface area (Å²) in [6.45, 7) is 0. The third-order valence-electron chi connectivity index (χ3n) is 4.81. The van der Waals surface area contributed by atoms with Gasteiger partial charge in [0.15, 0.2) is 10.8 Å². The highest BCUT2D eigenvalue weighted by Crippen LogP contribution is 2.44. The van der Waals surface area contributed by atoms with Crippen LogP contribution in [0.15, 0.2) is 29.4 Å². The Balaban J connectivity index is 1.72. The molecule has 2 saturated carbocycles. The Kier molecular flexibility index (Phi) is 2.77. The van der Waals surface area contributed by atoms with E-state index in [0.29, 0.717) is 17.5 Å². The molecule has 7 heteroatoms. The van der Waals surface area contributed by atoms with E-state index in [-0.39, 0.29) is 16.9 Å². The molecule has 0 spiro atoms. The van der Waals surface area contributed by atoms with Crippen molar-refractivity contribution in [3.8, 4) is 0 Å². The number of sulfonamides is 1. The van der Waals surface area contributed by atoms with Crippen LogP contribution in [0.25, 0.3) is 5.65 Å². The van der Waals surface area contributed by atoms with Gasteiger partial charge in [-0.15, -0.1) is 0 Å². The van der Waals surface area contributed by atoms with Crippen LogP contribution in [0.3, 0.4) is 0 Å². The normalized spacial score (nSPS) is 28.5. The summed E-state index contributed by atoms with van der Waals surface area (Å²) in [5.41, 5.74) is 6.38. The molecule has 2 bridgehead atoms. The Morgan fingerprint density at radius 2 is 2.14 bits per heavy atom. The first-order valence-electron chi connectivity index (χ1n) is 7.29. The molecule has 0 saturated heterocycles. The predicted molar refractivity (Wildman–Crippen MR) is 79.2 cm³/mol. The number of imidazole rings is 1. The predicted octanol–water partition coefficient (Wildman–Crippen LogP) is 1.38. The molecular weight excluding hydrogens is 288 g/mol. The van der Waals surface area contributed by atoms with Gasteiger partial charge >= 0.3 is 0 Å². The molecule has 2 aromatic heterocycles. The zero-order valence-electron chi connectivity index (χ0n) is 11.6. The molecule has 2 aromatic rings. The highest BCUT2D eigenvalue weighted by molar-refractivity contribution is 7.89. The molecule has 2 aliphatic rings. The summed E-state index contributed by atoms with van der Waals surface area (Å²) in [5.74, 6) is 1.21. The average Bonchev–Trinajstić information content (AvgIpc) is 3.09. The summed E-state index contributed by atoms with van der Waals surface area (Å²) in [7, 11) is -3.65. The van der Waals surface area contributed by atoms with E-state index < -0.39 is 10.0 Å². The lowest BCUT2D eigenvalue weighted by atomic mass is 9.96. The van der Waals surface area contributed by atoms with Crippen LogP contribution in [0, 0.1) is 11.8 Å². The van der Waals surface area contributed by atoms with E-state index in [9.17, 15) is 8.42 Å². The van der Waals surface area contributed by atoms with Crippen molar-refractivity contribution in [2.24, 2.45) is 11.8 Å². The molecule has 0 aromatic carbocycles. The van der Waals surface area contributed by atoms with Gasteiger partial charge in [0, 0.05) is 12.2 Å². The molecule has 2 heterocycles. The Morgan fingerprint density at radius 3 is 2.86 bits per heavy atom. The summed E-state index contributed by atoms with van der Waals surface area (Å²) in [6.07, 6.45) is 6.13. The molecule has 0 aliphatic heterocycles. The number of rotatable bonds is 3. The van der Waals surface area contributed by atoms with Crippen molar-refractivity contribution in [1.82, 2.24) is 14.1 Å². The van der Waals surface area contributed by atoms with Crippen LogP contribution in [0.2, 0.25) is 0 Å². The fourth-order valence-corrected chi connectivity index (χ4v) is 5.44. The first kappa shape index (κ1) is 13.1. The van der Waals surface area contributed by atoms with Crippen molar-refractivity contribution in [1.29, 1.82) is 0 Å². The van der Waals surface area contributed by atoms with Crippen LogP contribution < -0.4 is 10.5 Å². The number of fused-ring (bicyclic) bond motifs is 3. The summed E-state index contributed by atoms with van der Waals surface area (Å²) in [5, 5.41) is 0.0564. The number of nitrogens with one attached hydrogen (secondary N) is 1. The molecule has 0 radical (unpaired) electrons. The topological polar surface area (TPSA) is 89.5 Å². The molecule has 3 N–H and O–H groups in total. The average molecular weight is 306 g/mol. The molecule has 2 fully saturated rings. The first-order valence-corrected chi connectivity index (χ1v) is 8.78. The number of pyridine rings is 1. The van der Waals surface area contributed by atoms with E-state index in [4.69, 9.17) is 5.73 Å². The zero-order valence-corrected chi connectivity index (χ0v) is 12.4. The van der Waals surface area contributed by atoms with Crippen molar-refractivity contribution >= 4 is 21.5 Å². The van der Waals surface area contributed by atoms with Crippen LogP contribution in [0.5, 0.6) is 0 Å². The Hall–Kier alpha value is -1.60. The highest BCUT2D eigenvalue weighted by atomic mass is 32.2. The summed E-state index contributed by atoms with van der Waals surface area (Å²) >= 11 is 0. The molecule has 3 atom stereocenters. The van der Waals surface area contributed by atoms with Gasteiger partial charge in [0.05, 0.1) is 0 Å². The molecular formula is C14H18N4O2S. The summed E-state index contributed by atoms with van der Waals surface area (Å²) in [6, 6.07) is 5.36. The second-order valence-corrected chi connectivity index (χ2v) is 7.76. The van der Waals surface area contributed by atoms with Crippen LogP contribution >= 0.6 is 0 Å². The molecule has 2 aliphatic carbocycles. The van der Waals surface area contributed by atoms with Crippen LogP contribution in [0.4, 0.5) is 5.82 Å². The molecule has 112 valence electrons. The van der Waals surface area contributed by atoms with Gasteiger partial charge in [0.2, 0.25) is 0 Å². The minimum absolute atomic E-state index is 0.0439. The Labute approximate surface area is 123 Å². The smallest absolute Gasteiger partial charge is 0.260 e. The van der Waals surface area contributed by atoms with Gasteiger partial charge in [-0.25, -0.2) is 18.1 Å². The van der Waals surface area contributed by atoms with Crippen molar-refractivity contribution in [2.45, 2.75) is 36.8 Å². The van der Waals surface area contributed by atoms with Gasteiger partial charge in [-0.3, -0.25) is 4.40 Å². The first-order chi connectivity index (χ1) is 10.0. The fraction of sp³-hybridized carbons (Fsp3) is 0.500.